The second-order valence-electron chi connectivity index (χ2n) is 6.13. The number of nitrogens with zero attached hydrogens (tertiary/aromatic N) is 2. The predicted octanol–water partition coefficient (Wildman–Crippen LogP) is 6.34. The summed E-state index contributed by atoms with van der Waals surface area (Å²) in [6.07, 6.45) is 8.53. The van der Waals surface area contributed by atoms with Gasteiger partial charge < -0.3 is 4.57 Å². The van der Waals surface area contributed by atoms with E-state index in [1.54, 1.807) is 0 Å². The number of fused-ring (bicyclic) bond motifs is 1. The summed E-state index contributed by atoms with van der Waals surface area (Å²) in [5, 5.41) is 0. The van der Waals surface area contributed by atoms with E-state index in [-0.39, 0.29) is 12.4 Å². The summed E-state index contributed by atoms with van der Waals surface area (Å²) in [6.45, 7) is 0.782. The van der Waals surface area contributed by atoms with Gasteiger partial charge >= 0.3 is 0 Å². The van der Waals surface area contributed by atoms with Crippen molar-refractivity contribution in [1.82, 2.24) is 9.55 Å². The van der Waals surface area contributed by atoms with Crippen molar-refractivity contribution in [2.45, 2.75) is 6.54 Å². The van der Waals surface area contributed by atoms with Crippen molar-refractivity contribution in [3.8, 4) is 0 Å². The Kier molecular flexibility index (Phi) is 6.24. The highest BCUT2D eigenvalue weighted by atomic mass is 35.5. The molecule has 4 aromatic rings. The van der Waals surface area contributed by atoms with E-state index in [0.717, 1.165) is 23.4 Å². The number of imidazole rings is 1. The summed E-state index contributed by atoms with van der Waals surface area (Å²) in [6, 6.07) is 29.0. The highest BCUT2D eigenvalue weighted by molar-refractivity contribution is 5.85. The molecule has 0 saturated heterocycles. The van der Waals surface area contributed by atoms with E-state index < -0.39 is 0 Å². The van der Waals surface area contributed by atoms with Crippen molar-refractivity contribution in [1.29, 1.82) is 0 Å². The maximum absolute atomic E-state index is 4.80. The first-order valence-corrected chi connectivity index (χ1v) is 8.80. The average molecular weight is 373 g/mol. The fourth-order valence-electron chi connectivity index (χ4n) is 3.01. The normalized spacial score (nSPS) is 11.3. The fourth-order valence-corrected chi connectivity index (χ4v) is 3.01. The summed E-state index contributed by atoms with van der Waals surface area (Å²) >= 11 is 0. The second-order valence-corrected chi connectivity index (χ2v) is 6.13. The van der Waals surface area contributed by atoms with Crippen molar-refractivity contribution in [3.05, 3.63) is 108 Å². The Morgan fingerprint density at radius 1 is 0.667 bits per heavy atom. The van der Waals surface area contributed by atoms with Gasteiger partial charge in [-0.25, -0.2) is 4.98 Å². The molecule has 3 heteroatoms. The van der Waals surface area contributed by atoms with Crippen LogP contribution >= 0.6 is 12.4 Å². The molecule has 134 valence electrons. The molecular weight excluding hydrogens is 352 g/mol. The third-order valence-electron chi connectivity index (χ3n) is 4.31. The minimum atomic E-state index is 0. The number of hydrogen-bond donors (Lipinski definition) is 0. The maximum atomic E-state index is 4.80. The Morgan fingerprint density at radius 3 is 1.96 bits per heavy atom. The molecule has 0 saturated carbocycles. The third-order valence-corrected chi connectivity index (χ3v) is 4.31. The van der Waals surface area contributed by atoms with Crippen LogP contribution in [-0.4, -0.2) is 9.55 Å². The quantitative estimate of drug-likeness (QED) is 0.399. The standard InChI is InChI=1S/C24H20N2.ClH/c1-3-10-20(11-4-1)14-9-19-26-23-16-8-7-15-22(23)25-24(26)18-17-21-12-5-2-6-13-21;/h1-18H,19H2;1H. The summed E-state index contributed by atoms with van der Waals surface area (Å²) in [7, 11) is 0. The van der Waals surface area contributed by atoms with Gasteiger partial charge in [0.05, 0.1) is 11.0 Å². The predicted molar refractivity (Wildman–Crippen MR) is 118 cm³/mol. The molecule has 0 atom stereocenters. The number of allylic oxidation sites excluding steroid dienone is 1. The van der Waals surface area contributed by atoms with Gasteiger partial charge in [-0.2, -0.15) is 0 Å². The maximum Gasteiger partial charge on any atom is 0.134 e. The first-order chi connectivity index (χ1) is 12.9. The fraction of sp³-hybridized carbons (Fsp3) is 0.0417. The van der Waals surface area contributed by atoms with Crippen LogP contribution < -0.4 is 0 Å². The number of benzene rings is 3. The molecule has 0 spiro atoms. The molecule has 0 unspecified atom stereocenters. The Bertz CT molecular complexity index is 1050. The first kappa shape index (κ1) is 18.7. The lowest BCUT2D eigenvalue weighted by Crippen LogP contribution is -1.98. The molecule has 0 N–H and O–H groups in total. The van der Waals surface area contributed by atoms with E-state index in [1.165, 1.54) is 11.1 Å². The van der Waals surface area contributed by atoms with E-state index >= 15 is 0 Å². The molecule has 3 aromatic carbocycles. The number of aromatic nitrogens is 2. The van der Waals surface area contributed by atoms with Crippen LogP contribution in [0.5, 0.6) is 0 Å². The van der Waals surface area contributed by atoms with Crippen LogP contribution in [0.15, 0.2) is 91.0 Å². The molecule has 0 fully saturated rings. The third kappa shape index (κ3) is 4.55. The van der Waals surface area contributed by atoms with Gasteiger partial charge in [-0.1, -0.05) is 91.0 Å². The van der Waals surface area contributed by atoms with E-state index in [1.807, 2.05) is 30.3 Å². The van der Waals surface area contributed by atoms with Gasteiger partial charge in [0.1, 0.15) is 5.82 Å². The van der Waals surface area contributed by atoms with Crippen molar-refractivity contribution in [2.24, 2.45) is 0 Å². The van der Waals surface area contributed by atoms with Crippen LogP contribution in [0.1, 0.15) is 17.0 Å². The highest BCUT2D eigenvalue weighted by Gasteiger charge is 2.06. The van der Waals surface area contributed by atoms with Crippen LogP contribution in [0, 0.1) is 0 Å². The Labute approximate surface area is 165 Å². The van der Waals surface area contributed by atoms with Gasteiger partial charge in [-0.05, 0) is 29.3 Å². The van der Waals surface area contributed by atoms with Gasteiger partial charge in [-0.15, -0.1) is 12.4 Å². The Morgan fingerprint density at radius 2 is 1.26 bits per heavy atom. The van der Waals surface area contributed by atoms with E-state index in [9.17, 15) is 0 Å². The topological polar surface area (TPSA) is 17.8 Å². The summed E-state index contributed by atoms with van der Waals surface area (Å²) in [5.74, 6) is 0.966. The number of halogens is 1. The minimum absolute atomic E-state index is 0. The van der Waals surface area contributed by atoms with Crippen molar-refractivity contribution >= 4 is 41.7 Å². The van der Waals surface area contributed by atoms with Crippen molar-refractivity contribution in [2.75, 3.05) is 0 Å². The summed E-state index contributed by atoms with van der Waals surface area (Å²) in [5.41, 5.74) is 4.55. The Balaban J connectivity index is 0.00000210. The molecule has 27 heavy (non-hydrogen) atoms. The molecule has 4 rings (SSSR count). The van der Waals surface area contributed by atoms with Crippen LogP contribution in [0.4, 0.5) is 0 Å². The minimum Gasteiger partial charge on any atom is -0.321 e. The molecule has 2 nitrogen and oxygen atoms in total. The molecular formula is C24H21ClN2. The highest BCUT2D eigenvalue weighted by Crippen LogP contribution is 2.18. The molecule has 0 aliphatic heterocycles. The molecule has 1 aromatic heterocycles. The molecule has 1 heterocycles. The van der Waals surface area contributed by atoms with Gasteiger partial charge in [-0.3, -0.25) is 0 Å². The second kappa shape index (κ2) is 9.02. The zero-order chi connectivity index (χ0) is 17.6. The van der Waals surface area contributed by atoms with Gasteiger partial charge in [0.15, 0.2) is 0 Å². The van der Waals surface area contributed by atoms with Crippen LogP contribution in [0.25, 0.3) is 29.3 Å². The van der Waals surface area contributed by atoms with Gasteiger partial charge in [0, 0.05) is 6.54 Å². The largest absolute Gasteiger partial charge is 0.321 e. The SMILES string of the molecule is C(=Cc1ccccc1)Cn1c(C=Cc2ccccc2)nc2ccccc21.Cl. The lowest BCUT2D eigenvalue weighted by Gasteiger charge is -2.03. The number of rotatable bonds is 5. The summed E-state index contributed by atoms with van der Waals surface area (Å²) in [4.78, 5) is 4.80. The smallest absolute Gasteiger partial charge is 0.134 e. The molecule has 0 radical (unpaired) electrons. The molecule has 0 aliphatic carbocycles. The monoisotopic (exact) mass is 372 g/mol. The number of hydrogen-bond acceptors (Lipinski definition) is 1. The average Bonchev–Trinajstić information content (AvgIpc) is 3.06. The molecule has 0 amide bonds. The van der Waals surface area contributed by atoms with Gasteiger partial charge in [0.2, 0.25) is 0 Å². The van der Waals surface area contributed by atoms with Crippen molar-refractivity contribution in [3.63, 3.8) is 0 Å². The lowest BCUT2D eigenvalue weighted by atomic mass is 10.2. The summed E-state index contributed by atoms with van der Waals surface area (Å²) < 4.78 is 2.24. The first-order valence-electron chi connectivity index (χ1n) is 8.80. The zero-order valence-corrected chi connectivity index (χ0v) is 15.7. The molecule has 0 aliphatic rings. The van der Waals surface area contributed by atoms with E-state index in [0.29, 0.717) is 0 Å². The van der Waals surface area contributed by atoms with Crippen molar-refractivity contribution < 1.29 is 0 Å². The van der Waals surface area contributed by atoms with Crippen LogP contribution in [0.2, 0.25) is 0 Å². The van der Waals surface area contributed by atoms with E-state index in [4.69, 9.17) is 4.98 Å². The Hall–Kier alpha value is -3.10. The molecule has 0 bridgehead atoms. The van der Waals surface area contributed by atoms with Gasteiger partial charge in [0.25, 0.3) is 0 Å². The van der Waals surface area contributed by atoms with Crippen LogP contribution in [0.3, 0.4) is 0 Å². The zero-order valence-electron chi connectivity index (χ0n) is 14.9. The number of para-hydroxylation sites is 2. The lowest BCUT2D eigenvalue weighted by molar-refractivity contribution is 0.840. The van der Waals surface area contributed by atoms with Crippen LogP contribution in [-0.2, 0) is 6.54 Å². The van der Waals surface area contributed by atoms with E-state index in [2.05, 4.69) is 83.5 Å².